The topological polar surface area (TPSA) is 26.0 Å². The molecule has 0 amide bonds. The molecule has 0 aromatic heterocycles. The van der Waals surface area contributed by atoms with Crippen molar-refractivity contribution < 1.29 is 0 Å². The lowest BCUT2D eigenvalue weighted by atomic mass is 9.94. The first-order chi connectivity index (χ1) is 2.86. The van der Waals surface area contributed by atoms with Crippen molar-refractivity contribution in [3.8, 4) is 0 Å². The highest BCUT2D eigenvalue weighted by Gasteiger charge is 3.29. The highest BCUT2D eigenvalue weighted by molar-refractivity contribution is 5.79. The summed E-state index contributed by atoms with van der Waals surface area (Å²) in [6.07, 6.45) is 0. The molecular weight excluding hydrogens is 74.1 g/mol. The molecule has 2 unspecified atom stereocenters. The molecule has 4 aliphatic rings. The SMILES string of the molecule is NC12C3C4C1C432. The molecule has 4 fully saturated rings. The Morgan fingerprint density at radius 3 is 1.67 bits per heavy atom. The first kappa shape index (κ1) is 1.83. The van der Waals surface area contributed by atoms with Gasteiger partial charge in [-0.3, -0.25) is 0 Å². The zero-order valence-corrected chi connectivity index (χ0v) is 3.31. The number of nitrogens with two attached hydrogens (primary N) is 1. The van der Waals surface area contributed by atoms with Crippen LogP contribution in [0.25, 0.3) is 0 Å². The van der Waals surface area contributed by atoms with Crippen LogP contribution in [0.3, 0.4) is 0 Å². The lowest BCUT2D eigenvalue weighted by molar-refractivity contribution is 0.371. The van der Waals surface area contributed by atoms with Gasteiger partial charge in [0.25, 0.3) is 0 Å². The van der Waals surface area contributed by atoms with Crippen LogP contribution in [0.1, 0.15) is 0 Å². The lowest BCUT2D eigenvalue weighted by Gasteiger charge is -2.16. The van der Waals surface area contributed by atoms with Crippen LogP contribution in [-0.4, -0.2) is 5.54 Å². The first-order valence-corrected chi connectivity index (χ1v) is 2.65. The standard InChI is InChI=1S/C5H5N/c6-5-2-1-3(5)4(1,2)5/h1-3H,6H2. The van der Waals surface area contributed by atoms with Crippen molar-refractivity contribution in [3.05, 3.63) is 0 Å². The molecule has 0 aromatic rings. The number of rotatable bonds is 0. The van der Waals surface area contributed by atoms with Gasteiger partial charge in [-0.25, -0.2) is 0 Å². The third kappa shape index (κ3) is 0.0229. The van der Waals surface area contributed by atoms with Crippen LogP contribution in [0.2, 0.25) is 0 Å². The van der Waals surface area contributed by atoms with Crippen molar-refractivity contribution in [3.63, 3.8) is 0 Å². The molecule has 0 saturated heterocycles. The Morgan fingerprint density at radius 2 is 1.67 bits per heavy atom. The largest absolute Gasteiger partial charge is 0.324 e. The predicted molar refractivity (Wildman–Crippen MR) is 19.8 cm³/mol. The summed E-state index contributed by atoms with van der Waals surface area (Å²) in [6, 6.07) is 0. The fourth-order valence-electron chi connectivity index (χ4n) is 3.01. The van der Waals surface area contributed by atoms with Gasteiger partial charge in [-0.15, -0.1) is 0 Å². The van der Waals surface area contributed by atoms with Crippen molar-refractivity contribution in [1.29, 1.82) is 0 Å². The fraction of sp³-hybridized carbons (Fsp3) is 1.00. The van der Waals surface area contributed by atoms with Gasteiger partial charge in [-0.2, -0.15) is 0 Å². The Hall–Kier alpha value is -0.0400. The molecule has 2 atom stereocenters. The molecule has 0 heterocycles. The molecular formula is C5H5N. The Labute approximate surface area is 35.5 Å². The maximum Gasteiger partial charge on any atom is 0.0297 e. The average molecular weight is 79.1 g/mol. The molecule has 0 bridgehead atoms. The molecule has 1 nitrogen and oxygen atoms in total. The molecule has 2 N–H and O–H groups in total. The molecule has 4 rings (SSSR count). The monoisotopic (exact) mass is 79.0 g/mol. The predicted octanol–water partition coefficient (Wildman–Crippen LogP) is -0.427. The van der Waals surface area contributed by atoms with Crippen molar-refractivity contribution in [2.45, 2.75) is 5.54 Å². The van der Waals surface area contributed by atoms with Crippen LogP contribution in [0.15, 0.2) is 0 Å². The molecule has 30 valence electrons. The van der Waals surface area contributed by atoms with Crippen LogP contribution in [0, 0.1) is 23.2 Å². The molecule has 0 radical (unpaired) electrons. The summed E-state index contributed by atoms with van der Waals surface area (Å²) in [7, 11) is 0. The minimum Gasteiger partial charge on any atom is -0.324 e. The summed E-state index contributed by atoms with van der Waals surface area (Å²) < 4.78 is 0. The van der Waals surface area contributed by atoms with E-state index in [1.54, 1.807) is 0 Å². The van der Waals surface area contributed by atoms with E-state index in [1.807, 2.05) is 0 Å². The van der Waals surface area contributed by atoms with Gasteiger partial charge in [-0.05, 0) is 17.8 Å². The first-order valence-electron chi connectivity index (χ1n) is 2.65. The van der Waals surface area contributed by atoms with Gasteiger partial charge in [0, 0.05) is 11.0 Å². The quantitative estimate of drug-likeness (QED) is 0.419. The third-order valence-corrected chi connectivity index (χ3v) is 3.69. The molecule has 6 heavy (non-hydrogen) atoms. The minimum atomic E-state index is 0.512. The maximum absolute atomic E-state index is 5.75. The van der Waals surface area contributed by atoms with E-state index in [4.69, 9.17) is 5.73 Å². The van der Waals surface area contributed by atoms with Crippen molar-refractivity contribution in [2.75, 3.05) is 0 Å². The maximum atomic E-state index is 5.75. The van der Waals surface area contributed by atoms with E-state index < -0.39 is 0 Å². The number of hydrogen-bond donors (Lipinski definition) is 1. The second kappa shape index (κ2) is 0.177. The zero-order valence-electron chi connectivity index (χ0n) is 3.31. The summed E-state index contributed by atoms with van der Waals surface area (Å²) in [6.45, 7) is 0. The van der Waals surface area contributed by atoms with E-state index in [0.29, 0.717) is 5.54 Å². The zero-order chi connectivity index (χ0) is 3.73. The average Bonchev–Trinajstić information content (AvgIpc) is 2.08. The second-order valence-corrected chi connectivity index (χ2v) is 3.35. The highest BCUT2D eigenvalue weighted by atomic mass is 15.4. The van der Waals surface area contributed by atoms with Crippen molar-refractivity contribution in [1.82, 2.24) is 0 Å². The summed E-state index contributed by atoms with van der Waals surface area (Å²) in [5, 5.41) is 0. The van der Waals surface area contributed by atoms with Crippen LogP contribution >= 0.6 is 0 Å². The normalized spacial score (nSPS) is 118. The highest BCUT2D eigenvalue weighted by Crippen LogP contribution is 3.24. The Balaban J connectivity index is 2.38. The van der Waals surface area contributed by atoms with Gasteiger partial charge in [0.05, 0.1) is 0 Å². The van der Waals surface area contributed by atoms with Gasteiger partial charge in [0.1, 0.15) is 0 Å². The Morgan fingerprint density at radius 1 is 1.33 bits per heavy atom. The molecule has 0 aromatic carbocycles. The molecule has 4 saturated carbocycles. The van der Waals surface area contributed by atoms with Gasteiger partial charge in [-0.1, -0.05) is 0 Å². The third-order valence-electron chi connectivity index (χ3n) is 3.69. The van der Waals surface area contributed by atoms with Gasteiger partial charge in [0.15, 0.2) is 0 Å². The molecule has 1 heteroatoms. The molecule has 4 aliphatic carbocycles. The van der Waals surface area contributed by atoms with E-state index in [0.717, 1.165) is 17.3 Å². The lowest BCUT2D eigenvalue weighted by Crippen LogP contribution is -2.34. The molecule has 0 aliphatic heterocycles. The van der Waals surface area contributed by atoms with Gasteiger partial charge in [0.2, 0.25) is 0 Å². The van der Waals surface area contributed by atoms with Crippen LogP contribution < -0.4 is 5.73 Å². The van der Waals surface area contributed by atoms with Gasteiger partial charge < -0.3 is 5.73 Å². The van der Waals surface area contributed by atoms with E-state index in [1.165, 1.54) is 5.92 Å². The summed E-state index contributed by atoms with van der Waals surface area (Å²) in [5.41, 5.74) is 7.15. The van der Waals surface area contributed by atoms with E-state index >= 15 is 0 Å². The van der Waals surface area contributed by atoms with E-state index in [2.05, 4.69) is 0 Å². The van der Waals surface area contributed by atoms with Crippen LogP contribution in [0.5, 0.6) is 0 Å². The van der Waals surface area contributed by atoms with Crippen molar-refractivity contribution in [2.24, 2.45) is 28.9 Å². The summed E-state index contributed by atoms with van der Waals surface area (Å²) in [4.78, 5) is 0. The smallest absolute Gasteiger partial charge is 0.0297 e. The summed E-state index contributed by atoms with van der Waals surface area (Å²) >= 11 is 0. The Kier molecular flexibility index (Phi) is 0.0539. The van der Waals surface area contributed by atoms with Crippen molar-refractivity contribution >= 4 is 0 Å². The molecule has 1 spiro atoms. The number of fused-ring (bicyclic) bond motifs is 4. The van der Waals surface area contributed by atoms with E-state index in [-0.39, 0.29) is 0 Å². The minimum absolute atomic E-state index is 0.512. The second-order valence-electron chi connectivity index (χ2n) is 3.35. The van der Waals surface area contributed by atoms with Crippen LogP contribution in [-0.2, 0) is 0 Å². The number of hydrogen-bond acceptors (Lipinski definition) is 1. The fourth-order valence-corrected chi connectivity index (χ4v) is 3.01. The van der Waals surface area contributed by atoms with Gasteiger partial charge >= 0.3 is 0 Å². The Bertz CT molecular complexity index is 162. The van der Waals surface area contributed by atoms with E-state index in [9.17, 15) is 0 Å². The van der Waals surface area contributed by atoms with Crippen LogP contribution in [0.4, 0.5) is 0 Å². The summed E-state index contributed by atoms with van der Waals surface area (Å²) in [5.74, 6) is 3.35.